The summed E-state index contributed by atoms with van der Waals surface area (Å²) in [5, 5.41) is 10.3. The van der Waals surface area contributed by atoms with Crippen molar-refractivity contribution in [2.24, 2.45) is 56.2 Å². The van der Waals surface area contributed by atoms with Gasteiger partial charge in [-0.15, -0.1) is 0 Å². The van der Waals surface area contributed by atoms with Gasteiger partial charge in [0, 0.05) is 6.61 Å². The van der Waals surface area contributed by atoms with Gasteiger partial charge < -0.3 is 5.11 Å². The molecule has 0 amide bonds. The molecule has 0 heterocycles. The van der Waals surface area contributed by atoms with Gasteiger partial charge in [0.05, 0.1) is 0 Å². The highest BCUT2D eigenvalue weighted by Crippen LogP contribution is 2.78. The van der Waals surface area contributed by atoms with Crippen molar-refractivity contribution in [1.29, 1.82) is 0 Å². The lowest BCUT2D eigenvalue weighted by Crippen LogP contribution is -2.67. The van der Waals surface area contributed by atoms with Crippen molar-refractivity contribution in [3.8, 4) is 0 Å². The zero-order valence-corrected chi connectivity index (χ0v) is 21.9. The van der Waals surface area contributed by atoms with Gasteiger partial charge in [-0.25, -0.2) is 0 Å². The summed E-state index contributed by atoms with van der Waals surface area (Å²) in [6.45, 7) is 18.9. The van der Waals surface area contributed by atoms with Crippen molar-refractivity contribution in [2.75, 3.05) is 6.61 Å². The number of hydrogen-bond donors (Lipinski definition) is 1. The second-order valence-electron chi connectivity index (χ2n) is 15.2. The van der Waals surface area contributed by atoms with Crippen LogP contribution in [0.25, 0.3) is 0 Å². The Labute approximate surface area is 193 Å². The molecule has 0 aromatic carbocycles. The minimum Gasteiger partial charge on any atom is -0.396 e. The van der Waals surface area contributed by atoms with E-state index in [4.69, 9.17) is 0 Å². The topological polar surface area (TPSA) is 20.2 Å². The first-order valence-corrected chi connectivity index (χ1v) is 14.0. The SMILES string of the molecule is C[C@H]1CCC[C@@H]2[C@]1(C)CC[C@H]1[C@@]2(C)CC[C@@]2(C)[C@@H]3C[C@@](C)(CO)CC[C@]3(C)CC[C@]12C. The fourth-order valence-corrected chi connectivity index (χ4v) is 11.4. The quantitative estimate of drug-likeness (QED) is 0.445. The van der Waals surface area contributed by atoms with Crippen molar-refractivity contribution in [3.63, 3.8) is 0 Å². The molecule has 31 heavy (non-hydrogen) atoms. The molecule has 0 radical (unpaired) electrons. The first-order valence-electron chi connectivity index (χ1n) is 14.0. The molecule has 1 heteroatoms. The highest BCUT2D eigenvalue weighted by molar-refractivity contribution is 5.19. The number of hydrogen-bond acceptors (Lipinski definition) is 1. The maximum absolute atomic E-state index is 10.3. The summed E-state index contributed by atoms with van der Waals surface area (Å²) in [6.07, 6.45) is 16.9. The van der Waals surface area contributed by atoms with Crippen LogP contribution in [0.1, 0.15) is 126 Å². The maximum atomic E-state index is 10.3. The van der Waals surface area contributed by atoms with E-state index in [9.17, 15) is 5.11 Å². The van der Waals surface area contributed by atoms with Crippen LogP contribution in [0.5, 0.6) is 0 Å². The molecule has 0 aromatic heterocycles. The summed E-state index contributed by atoms with van der Waals surface area (Å²) in [4.78, 5) is 0. The number of aliphatic hydroxyl groups is 1. The minimum atomic E-state index is 0.149. The maximum Gasteiger partial charge on any atom is 0.0484 e. The third-order valence-electron chi connectivity index (χ3n) is 14.1. The third-order valence-corrected chi connectivity index (χ3v) is 14.1. The van der Waals surface area contributed by atoms with E-state index in [1.807, 2.05) is 0 Å². The Bertz CT molecular complexity index is 730. The number of fused-ring (bicyclic) bond motifs is 7. The van der Waals surface area contributed by atoms with Crippen LogP contribution >= 0.6 is 0 Å². The van der Waals surface area contributed by atoms with Gasteiger partial charge >= 0.3 is 0 Å². The van der Waals surface area contributed by atoms with Crippen molar-refractivity contribution in [3.05, 3.63) is 0 Å². The standard InChI is InChI=1S/C30H52O/c1-21-9-8-10-22-27(21,4)12-11-23-28(22,5)16-18-30(7)24-19-25(2,20-31)13-14-26(24,3)15-17-29(23,30)6/h21-24,31H,8-20H2,1-7H3/t21-,22+,23-,24+,25-,26+,27+,28-,29+,30-/m0/s1. The normalized spacial score (nSPS) is 61.5. The molecule has 0 bridgehead atoms. The Kier molecular flexibility index (Phi) is 4.96. The van der Waals surface area contributed by atoms with Crippen LogP contribution in [-0.2, 0) is 0 Å². The van der Waals surface area contributed by atoms with E-state index < -0.39 is 0 Å². The fraction of sp³-hybridized carbons (Fsp3) is 1.00. The van der Waals surface area contributed by atoms with Crippen LogP contribution in [0.2, 0.25) is 0 Å². The predicted molar refractivity (Wildman–Crippen MR) is 131 cm³/mol. The van der Waals surface area contributed by atoms with E-state index in [-0.39, 0.29) is 5.41 Å². The number of rotatable bonds is 1. The Morgan fingerprint density at radius 2 is 1.29 bits per heavy atom. The van der Waals surface area contributed by atoms with Gasteiger partial charge in [-0.3, -0.25) is 0 Å². The van der Waals surface area contributed by atoms with Crippen LogP contribution in [0.15, 0.2) is 0 Å². The molecule has 5 aliphatic rings. The second-order valence-corrected chi connectivity index (χ2v) is 15.2. The Morgan fingerprint density at radius 3 is 2.00 bits per heavy atom. The molecule has 0 aromatic rings. The molecule has 5 fully saturated rings. The molecule has 0 spiro atoms. The van der Waals surface area contributed by atoms with Crippen molar-refractivity contribution in [2.45, 2.75) is 126 Å². The van der Waals surface area contributed by atoms with Crippen molar-refractivity contribution >= 4 is 0 Å². The van der Waals surface area contributed by atoms with E-state index in [2.05, 4.69) is 48.5 Å². The van der Waals surface area contributed by atoms with Crippen molar-refractivity contribution in [1.82, 2.24) is 0 Å². The molecule has 5 aliphatic carbocycles. The van der Waals surface area contributed by atoms with Gasteiger partial charge in [-0.05, 0) is 120 Å². The summed E-state index contributed by atoms with van der Waals surface area (Å²) in [5.41, 5.74) is 2.68. The molecule has 1 N–H and O–H groups in total. The van der Waals surface area contributed by atoms with Gasteiger partial charge in [0.15, 0.2) is 0 Å². The molecular formula is C30H52O. The molecule has 10 atom stereocenters. The Hall–Kier alpha value is -0.0400. The van der Waals surface area contributed by atoms with Crippen LogP contribution in [0, 0.1) is 56.2 Å². The Morgan fingerprint density at radius 1 is 0.645 bits per heavy atom. The summed E-state index contributed by atoms with van der Waals surface area (Å²) in [7, 11) is 0. The van der Waals surface area contributed by atoms with E-state index >= 15 is 0 Å². The lowest BCUT2D eigenvalue weighted by atomic mass is 9.30. The molecule has 0 saturated heterocycles. The largest absolute Gasteiger partial charge is 0.396 e. The van der Waals surface area contributed by atoms with E-state index in [1.165, 1.54) is 77.0 Å². The molecule has 178 valence electrons. The van der Waals surface area contributed by atoms with Crippen LogP contribution < -0.4 is 0 Å². The molecule has 5 saturated carbocycles. The average molecular weight is 429 g/mol. The summed E-state index contributed by atoms with van der Waals surface area (Å²) in [6, 6.07) is 0. The van der Waals surface area contributed by atoms with Gasteiger partial charge in [-0.2, -0.15) is 0 Å². The zero-order valence-electron chi connectivity index (χ0n) is 21.9. The highest BCUT2D eigenvalue weighted by atomic mass is 16.3. The minimum absolute atomic E-state index is 0.149. The second kappa shape index (κ2) is 6.76. The van der Waals surface area contributed by atoms with Gasteiger partial charge in [-0.1, -0.05) is 61.3 Å². The van der Waals surface area contributed by atoms with E-state index in [0.29, 0.717) is 33.7 Å². The molecule has 0 unspecified atom stereocenters. The summed E-state index contributed by atoms with van der Waals surface area (Å²) < 4.78 is 0. The monoisotopic (exact) mass is 428 g/mol. The molecule has 1 nitrogen and oxygen atoms in total. The highest BCUT2D eigenvalue weighted by Gasteiger charge is 2.70. The van der Waals surface area contributed by atoms with E-state index in [0.717, 1.165) is 23.7 Å². The number of aliphatic hydroxyl groups excluding tert-OH is 1. The van der Waals surface area contributed by atoms with Crippen molar-refractivity contribution < 1.29 is 5.11 Å². The smallest absolute Gasteiger partial charge is 0.0484 e. The van der Waals surface area contributed by atoms with Crippen LogP contribution in [0.4, 0.5) is 0 Å². The lowest BCUT2D eigenvalue weighted by molar-refractivity contribution is -0.259. The Balaban J connectivity index is 1.54. The van der Waals surface area contributed by atoms with Crippen LogP contribution in [0.3, 0.4) is 0 Å². The van der Waals surface area contributed by atoms with Gasteiger partial charge in [0.25, 0.3) is 0 Å². The predicted octanol–water partition coefficient (Wildman–Crippen LogP) is 8.25. The lowest BCUT2D eigenvalue weighted by Gasteiger charge is -2.75. The molecular weight excluding hydrogens is 376 g/mol. The first kappa shape index (κ1) is 22.7. The van der Waals surface area contributed by atoms with Gasteiger partial charge in [0.1, 0.15) is 0 Å². The van der Waals surface area contributed by atoms with Gasteiger partial charge in [0.2, 0.25) is 0 Å². The average Bonchev–Trinajstić information content (AvgIpc) is 2.73. The summed E-state index contributed by atoms with van der Waals surface area (Å²) in [5.74, 6) is 3.52. The summed E-state index contributed by atoms with van der Waals surface area (Å²) >= 11 is 0. The third kappa shape index (κ3) is 2.77. The molecule has 0 aliphatic heterocycles. The van der Waals surface area contributed by atoms with E-state index in [1.54, 1.807) is 0 Å². The zero-order chi connectivity index (χ0) is 22.5. The fourth-order valence-electron chi connectivity index (χ4n) is 11.4. The van der Waals surface area contributed by atoms with Crippen LogP contribution in [-0.4, -0.2) is 11.7 Å². The molecule has 5 rings (SSSR count). The first-order chi connectivity index (χ1) is 14.4.